The van der Waals surface area contributed by atoms with Crippen LogP contribution >= 0.6 is 39.9 Å². The van der Waals surface area contributed by atoms with Crippen LogP contribution in [0.15, 0.2) is 16.6 Å². The third-order valence-corrected chi connectivity index (χ3v) is 4.22. The van der Waals surface area contributed by atoms with Crippen molar-refractivity contribution in [1.82, 2.24) is 0 Å². The molecule has 0 aliphatic carbocycles. The number of hydrogen-bond donors (Lipinski definition) is 0. The van der Waals surface area contributed by atoms with Crippen LogP contribution in [0.3, 0.4) is 0 Å². The van der Waals surface area contributed by atoms with Gasteiger partial charge in [-0.1, -0.05) is 20.8 Å². The van der Waals surface area contributed by atoms with Crippen molar-refractivity contribution < 1.29 is 4.57 Å². The Morgan fingerprint density at radius 2 is 1.79 bits per heavy atom. The molecule has 0 saturated heterocycles. The maximum Gasteiger partial charge on any atom is 0.285 e. The maximum atomic E-state index is 11.6. The normalized spacial score (nSPS) is 12.2. The van der Waals surface area contributed by atoms with Crippen molar-refractivity contribution in [2.75, 3.05) is 5.88 Å². The fourth-order valence-electron chi connectivity index (χ4n) is 0.879. The van der Waals surface area contributed by atoms with E-state index in [1.165, 1.54) is 0 Å². The smallest absolute Gasteiger partial charge is 0.284 e. The third kappa shape index (κ3) is 4.91. The Morgan fingerprint density at radius 1 is 1.36 bits per heavy atom. The first-order chi connectivity index (χ1) is 6.09. The third-order valence-electron chi connectivity index (χ3n) is 1.50. The van der Waals surface area contributed by atoms with Crippen molar-refractivity contribution in [3.05, 3.63) is 16.6 Å². The highest BCUT2D eigenvalue weighted by Crippen LogP contribution is 2.67. The highest BCUT2D eigenvalue weighted by Gasteiger charge is 2.31. The Labute approximate surface area is 100 Å². The van der Waals surface area contributed by atoms with Gasteiger partial charge in [0.25, 0.3) is 5.85 Å². The van der Waals surface area contributed by atoms with E-state index in [-0.39, 0.29) is 5.41 Å². The Bertz CT molecular complexity index is 315. The van der Waals surface area contributed by atoms with Crippen LogP contribution in [0.25, 0.3) is 0 Å². The van der Waals surface area contributed by atoms with E-state index in [1.807, 2.05) is 20.8 Å². The molecule has 0 atom stereocenters. The summed E-state index contributed by atoms with van der Waals surface area (Å²) in [5.74, 6) is -2.97. The van der Waals surface area contributed by atoms with E-state index in [2.05, 4.69) is 5.73 Å². The van der Waals surface area contributed by atoms with Crippen LogP contribution in [0.5, 0.6) is 0 Å². The molecule has 0 aromatic heterocycles. The zero-order valence-corrected chi connectivity index (χ0v) is 11.9. The van der Waals surface area contributed by atoms with Gasteiger partial charge < -0.3 is 0 Å². The standard InChI is InChI=1S/C9H14Cl3OP/c1-7(6-10)5-8(9(2,3)4)14(11,12)13/h6H2,1-4H3. The minimum atomic E-state index is -3.29. The summed E-state index contributed by atoms with van der Waals surface area (Å²) in [6.07, 6.45) is 0. The van der Waals surface area contributed by atoms with E-state index in [1.54, 1.807) is 6.92 Å². The second kappa shape index (κ2) is 5.10. The molecule has 0 aromatic carbocycles. The largest absolute Gasteiger partial charge is 0.285 e. The van der Waals surface area contributed by atoms with Crippen molar-refractivity contribution in [1.29, 1.82) is 0 Å². The van der Waals surface area contributed by atoms with Gasteiger partial charge in [0.2, 0.25) is 0 Å². The van der Waals surface area contributed by atoms with E-state index in [0.29, 0.717) is 11.2 Å². The van der Waals surface area contributed by atoms with Gasteiger partial charge in [-0.3, -0.25) is 4.57 Å². The Kier molecular flexibility index (Phi) is 5.33. The predicted molar refractivity (Wildman–Crippen MR) is 65.7 cm³/mol. The van der Waals surface area contributed by atoms with Gasteiger partial charge in [-0.15, -0.1) is 17.3 Å². The average Bonchev–Trinajstić information content (AvgIpc) is 1.95. The number of alkyl halides is 1. The molecule has 0 rings (SSSR count). The molecule has 5 heteroatoms. The predicted octanol–water partition coefficient (Wildman–Crippen LogP) is 5.37. The van der Waals surface area contributed by atoms with Gasteiger partial charge in [0.15, 0.2) is 0 Å². The van der Waals surface area contributed by atoms with E-state index in [9.17, 15) is 4.57 Å². The summed E-state index contributed by atoms with van der Waals surface area (Å²) in [5, 5.41) is 0.423. The van der Waals surface area contributed by atoms with E-state index in [4.69, 9.17) is 34.1 Å². The van der Waals surface area contributed by atoms with Crippen LogP contribution in [0.4, 0.5) is 0 Å². The lowest BCUT2D eigenvalue weighted by Crippen LogP contribution is -2.06. The van der Waals surface area contributed by atoms with Crippen LogP contribution in [0.2, 0.25) is 0 Å². The monoisotopic (exact) mass is 274 g/mol. The summed E-state index contributed by atoms with van der Waals surface area (Å²) in [6, 6.07) is 0. The van der Waals surface area contributed by atoms with E-state index in [0.717, 1.165) is 5.57 Å². The highest BCUT2D eigenvalue weighted by atomic mass is 35.9. The van der Waals surface area contributed by atoms with Crippen molar-refractivity contribution in [3.8, 4) is 0 Å². The van der Waals surface area contributed by atoms with Crippen molar-refractivity contribution in [3.63, 3.8) is 0 Å². The van der Waals surface area contributed by atoms with Crippen molar-refractivity contribution >= 4 is 39.9 Å². The van der Waals surface area contributed by atoms with Crippen molar-refractivity contribution in [2.45, 2.75) is 27.7 Å². The first-order valence-electron chi connectivity index (χ1n) is 4.12. The number of hydrogen-bond acceptors (Lipinski definition) is 1. The molecule has 0 radical (unpaired) electrons. The zero-order chi connectivity index (χ0) is 11.6. The lowest BCUT2D eigenvalue weighted by atomic mass is 9.96. The van der Waals surface area contributed by atoms with Crippen LogP contribution in [-0.2, 0) is 4.57 Å². The van der Waals surface area contributed by atoms with Gasteiger partial charge in [0.05, 0.1) is 11.2 Å². The SMILES string of the molecule is CC(=C=C(C(C)(C)C)P(=O)(Cl)Cl)CCl. The lowest BCUT2D eigenvalue weighted by Gasteiger charge is -2.21. The Morgan fingerprint density at radius 3 is 2.00 bits per heavy atom. The van der Waals surface area contributed by atoms with Crippen molar-refractivity contribution in [2.24, 2.45) is 5.41 Å². The van der Waals surface area contributed by atoms with Crippen LogP contribution < -0.4 is 0 Å². The molecule has 0 aliphatic rings. The van der Waals surface area contributed by atoms with E-state index >= 15 is 0 Å². The topological polar surface area (TPSA) is 17.1 Å². The first kappa shape index (κ1) is 14.6. The summed E-state index contributed by atoms with van der Waals surface area (Å²) in [5.41, 5.74) is 3.33. The summed E-state index contributed by atoms with van der Waals surface area (Å²) in [6.45, 7) is 7.44. The molecule has 0 N–H and O–H groups in total. The van der Waals surface area contributed by atoms with Gasteiger partial charge in [-0.2, -0.15) is 0 Å². The Balaban J connectivity index is 5.60. The van der Waals surface area contributed by atoms with Gasteiger partial charge >= 0.3 is 0 Å². The average molecular weight is 276 g/mol. The fourth-order valence-corrected chi connectivity index (χ4v) is 3.82. The summed E-state index contributed by atoms with van der Waals surface area (Å²) in [4.78, 5) is 0. The molecule has 0 unspecified atom stereocenters. The van der Waals surface area contributed by atoms with Gasteiger partial charge in [-0.25, -0.2) is 0 Å². The molecule has 0 saturated carbocycles. The van der Waals surface area contributed by atoms with Gasteiger partial charge in [0.1, 0.15) is 0 Å². The van der Waals surface area contributed by atoms with Gasteiger partial charge in [-0.05, 0) is 40.4 Å². The Hall–Kier alpha value is 0.620. The van der Waals surface area contributed by atoms with E-state index < -0.39 is 5.85 Å². The molecule has 0 spiro atoms. The summed E-state index contributed by atoms with van der Waals surface area (Å²) in [7, 11) is 0. The molecule has 0 fully saturated rings. The molecule has 0 amide bonds. The minimum Gasteiger partial charge on any atom is -0.284 e. The second-order valence-electron chi connectivity index (χ2n) is 4.10. The number of halogens is 3. The second-order valence-corrected chi connectivity index (χ2v) is 9.11. The molecule has 14 heavy (non-hydrogen) atoms. The zero-order valence-electron chi connectivity index (χ0n) is 8.70. The van der Waals surface area contributed by atoms with Crippen LogP contribution in [0, 0.1) is 5.41 Å². The number of allylic oxidation sites excluding steroid dienone is 1. The van der Waals surface area contributed by atoms with Crippen LogP contribution in [-0.4, -0.2) is 5.88 Å². The molecular weight excluding hydrogens is 261 g/mol. The molecule has 0 heterocycles. The van der Waals surface area contributed by atoms with Gasteiger partial charge in [0, 0.05) is 0 Å². The molecule has 0 aliphatic heterocycles. The number of rotatable bonds is 2. The fraction of sp³-hybridized carbons (Fsp3) is 0.667. The molecular formula is C9H14Cl3OP. The molecule has 1 nitrogen and oxygen atoms in total. The van der Waals surface area contributed by atoms with Crippen LogP contribution in [0.1, 0.15) is 27.7 Å². The molecule has 0 aromatic rings. The molecule has 82 valence electrons. The lowest BCUT2D eigenvalue weighted by molar-refractivity contribution is 0.520. The molecule has 0 bridgehead atoms. The maximum absolute atomic E-state index is 11.6. The highest BCUT2D eigenvalue weighted by molar-refractivity contribution is 8.11. The summed E-state index contributed by atoms with van der Waals surface area (Å²) < 4.78 is 11.6. The quantitative estimate of drug-likeness (QED) is 0.376. The minimum absolute atomic E-state index is 0.327. The first-order valence-corrected chi connectivity index (χ1v) is 8.17. The summed E-state index contributed by atoms with van der Waals surface area (Å²) >= 11 is 16.9.